The third kappa shape index (κ3) is 2.93. The minimum Gasteiger partial charge on any atom is -0.353 e. The van der Waals surface area contributed by atoms with Gasteiger partial charge in [0.15, 0.2) is 0 Å². The Morgan fingerprint density at radius 2 is 2.14 bits per heavy atom. The molecule has 22 heavy (non-hydrogen) atoms. The van der Waals surface area contributed by atoms with E-state index in [0.717, 1.165) is 0 Å². The summed E-state index contributed by atoms with van der Waals surface area (Å²) >= 11 is 0. The molecule has 0 aromatic heterocycles. The molecule has 2 rings (SSSR count). The Hall–Kier alpha value is -2.44. The highest BCUT2D eigenvalue weighted by Crippen LogP contribution is 2.22. The number of amides is 2. The van der Waals surface area contributed by atoms with Crippen molar-refractivity contribution in [3.8, 4) is 0 Å². The average Bonchev–Trinajstić information content (AvgIpc) is 2.45. The maximum Gasteiger partial charge on any atom is 0.272 e. The van der Waals surface area contributed by atoms with E-state index in [-0.39, 0.29) is 23.4 Å². The number of rotatable bonds is 3. The number of benzene rings is 1. The van der Waals surface area contributed by atoms with Crippen molar-refractivity contribution < 1.29 is 14.5 Å². The van der Waals surface area contributed by atoms with Gasteiger partial charge in [-0.15, -0.1) is 0 Å². The Kier molecular flexibility index (Phi) is 4.44. The zero-order valence-corrected chi connectivity index (χ0v) is 12.8. The van der Waals surface area contributed by atoms with Crippen LogP contribution in [-0.4, -0.2) is 40.8 Å². The number of nitro benzene ring substituents is 1. The molecule has 1 aromatic carbocycles. The molecule has 0 radical (unpaired) electrons. The molecular formula is C15H19N3O4. The summed E-state index contributed by atoms with van der Waals surface area (Å²) in [6.07, 6.45) is 0. The van der Waals surface area contributed by atoms with Crippen molar-refractivity contribution in [3.63, 3.8) is 0 Å². The first kappa shape index (κ1) is 15.9. The Balaban J connectivity index is 2.32. The van der Waals surface area contributed by atoms with Crippen molar-refractivity contribution in [1.29, 1.82) is 0 Å². The molecule has 118 valence electrons. The third-order valence-corrected chi connectivity index (χ3v) is 3.79. The lowest BCUT2D eigenvalue weighted by Crippen LogP contribution is -2.59. The minimum absolute atomic E-state index is 0.0107. The van der Waals surface area contributed by atoms with Gasteiger partial charge in [0.2, 0.25) is 5.91 Å². The number of nitrogens with one attached hydrogen (secondary N) is 1. The fraction of sp³-hybridized carbons (Fsp3) is 0.467. The molecule has 0 saturated carbocycles. The van der Waals surface area contributed by atoms with Gasteiger partial charge in [-0.2, -0.15) is 0 Å². The largest absolute Gasteiger partial charge is 0.353 e. The molecule has 1 unspecified atom stereocenters. The van der Waals surface area contributed by atoms with Gasteiger partial charge in [0.25, 0.3) is 11.6 Å². The molecule has 1 fully saturated rings. The predicted octanol–water partition coefficient (Wildman–Crippen LogP) is 1.50. The first-order valence-corrected chi connectivity index (χ1v) is 7.16. The van der Waals surface area contributed by atoms with Crippen LogP contribution in [0, 0.1) is 23.0 Å². The summed E-state index contributed by atoms with van der Waals surface area (Å²) in [7, 11) is 0. The van der Waals surface area contributed by atoms with Crippen LogP contribution in [0.2, 0.25) is 0 Å². The average molecular weight is 305 g/mol. The normalized spacial score (nSPS) is 18.3. The number of carbonyl (C=O) groups is 2. The molecule has 7 heteroatoms. The second kappa shape index (κ2) is 6.13. The SMILES string of the molecule is Cc1cc(C(=O)N2CCNC(=O)C2C(C)C)ccc1[N+](=O)[O-]. The summed E-state index contributed by atoms with van der Waals surface area (Å²) in [6.45, 7) is 6.22. The molecule has 1 aromatic rings. The van der Waals surface area contributed by atoms with Crippen molar-refractivity contribution in [2.24, 2.45) is 5.92 Å². The first-order valence-electron chi connectivity index (χ1n) is 7.16. The van der Waals surface area contributed by atoms with Gasteiger partial charge in [-0.3, -0.25) is 19.7 Å². The zero-order chi connectivity index (χ0) is 16.4. The molecule has 1 atom stereocenters. The molecule has 0 aliphatic carbocycles. The van der Waals surface area contributed by atoms with Crippen LogP contribution in [0.25, 0.3) is 0 Å². The van der Waals surface area contributed by atoms with E-state index in [1.807, 2.05) is 13.8 Å². The van der Waals surface area contributed by atoms with Crippen LogP contribution in [0.15, 0.2) is 18.2 Å². The lowest BCUT2D eigenvalue weighted by Gasteiger charge is -2.37. The van der Waals surface area contributed by atoms with Gasteiger partial charge in [0.1, 0.15) is 6.04 Å². The highest BCUT2D eigenvalue weighted by atomic mass is 16.6. The topological polar surface area (TPSA) is 92.6 Å². The number of nitrogens with zero attached hydrogens (tertiary/aromatic N) is 2. The van der Waals surface area contributed by atoms with Gasteiger partial charge in [0, 0.05) is 30.3 Å². The van der Waals surface area contributed by atoms with Gasteiger partial charge < -0.3 is 10.2 Å². The summed E-state index contributed by atoms with van der Waals surface area (Å²) in [5, 5.41) is 13.6. The summed E-state index contributed by atoms with van der Waals surface area (Å²) < 4.78 is 0. The number of carbonyl (C=O) groups excluding carboxylic acids is 2. The van der Waals surface area contributed by atoms with E-state index < -0.39 is 11.0 Å². The van der Waals surface area contributed by atoms with Crippen LogP contribution in [0.3, 0.4) is 0 Å². The van der Waals surface area contributed by atoms with E-state index in [4.69, 9.17) is 0 Å². The zero-order valence-electron chi connectivity index (χ0n) is 12.8. The first-order chi connectivity index (χ1) is 10.3. The van der Waals surface area contributed by atoms with E-state index in [9.17, 15) is 19.7 Å². The van der Waals surface area contributed by atoms with Gasteiger partial charge in [0.05, 0.1) is 4.92 Å². The number of hydrogen-bond donors (Lipinski definition) is 1. The van der Waals surface area contributed by atoms with Crippen molar-refractivity contribution in [2.45, 2.75) is 26.8 Å². The van der Waals surface area contributed by atoms with Crippen molar-refractivity contribution in [3.05, 3.63) is 39.4 Å². The fourth-order valence-electron chi connectivity index (χ4n) is 2.73. The van der Waals surface area contributed by atoms with Gasteiger partial charge >= 0.3 is 0 Å². The quantitative estimate of drug-likeness (QED) is 0.676. The summed E-state index contributed by atoms with van der Waals surface area (Å²) in [5.74, 6) is -0.442. The van der Waals surface area contributed by atoms with Gasteiger partial charge in [-0.25, -0.2) is 0 Å². The van der Waals surface area contributed by atoms with Crippen LogP contribution in [0.5, 0.6) is 0 Å². The summed E-state index contributed by atoms with van der Waals surface area (Å²) in [4.78, 5) is 36.6. The summed E-state index contributed by atoms with van der Waals surface area (Å²) in [6, 6.07) is 3.76. The Morgan fingerprint density at radius 1 is 1.45 bits per heavy atom. The molecule has 1 heterocycles. The molecule has 0 spiro atoms. The lowest BCUT2D eigenvalue weighted by atomic mass is 9.98. The van der Waals surface area contributed by atoms with E-state index in [0.29, 0.717) is 24.2 Å². The van der Waals surface area contributed by atoms with Crippen molar-refractivity contribution in [1.82, 2.24) is 10.2 Å². The molecule has 1 aliphatic heterocycles. The minimum atomic E-state index is -0.517. The third-order valence-electron chi connectivity index (χ3n) is 3.79. The highest BCUT2D eigenvalue weighted by molar-refractivity contribution is 5.98. The van der Waals surface area contributed by atoms with Gasteiger partial charge in [-0.05, 0) is 25.0 Å². The van der Waals surface area contributed by atoms with Crippen LogP contribution in [0.1, 0.15) is 29.8 Å². The van der Waals surface area contributed by atoms with Crippen LogP contribution >= 0.6 is 0 Å². The molecular weight excluding hydrogens is 286 g/mol. The molecule has 1 N–H and O–H groups in total. The standard InChI is InChI=1S/C15H19N3O4/c1-9(2)13-14(19)16-6-7-17(13)15(20)11-4-5-12(18(21)22)10(3)8-11/h4-5,8-9,13H,6-7H2,1-3H3,(H,16,19). The van der Waals surface area contributed by atoms with Crippen LogP contribution in [-0.2, 0) is 4.79 Å². The van der Waals surface area contributed by atoms with Gasteiger partial charge in [-0.1, -0.05) is 13.8 Å². The fourth-order valence-corrected chi connectivity index (χ4v) is 2.73. The number of aryl methyl sites for hydroxylation is 1. The van der Waals surface area contributed by atoms with E-state index >= 15 is 0 Å². The Morgan fingerprint density at radius 3 is 2.68 bits per heavy atom. The smallest absolute Gasteiger partial charge is 0.272 e. The van der Waals surface area contributed by atoms with Crippen LogP contribution in [0.4, 0.5) is 5.69 Å². The maximum absolute atomic E-state index is 12.7. The van der Waals surface area contributed by atoms with E-state index in [2.05, 4.69) is 5.32 Å². The summed E-state index contributed by atoms with van der Waals surface area (Å²) in [5.41, 5.74) is 0.773. The lowest BCUT2D eigenvalue weighted by molar-refractivity contribution is -0.385. The predicted molar refractivity (Wildman–Crippen MR) is 80.5 cm³/mol. The maximum atomic E-state index is 12.7. The molecule has 0 bridgehead atoms. The molecule has 1 aliphatic rings. The number of hydrogen-bond acceptors (Lipinski definition) is 4. The van der Waals surface area contributed by atoms with E-state index in [1.165, 1.54) is 18.2 Å². The van der Waals surface area contributed by atoms with Crippen molar-refractivity contribution in [2.75, 3.05) is 13.1 Å². The highest BCUT2D eigenvalue weighted by Gasteiger charge is 2.35. The number of nitro groups is 1. The molecule has 2 amide bonds. The molecule has 7 nitrogen and oxygen atoms in total. The second-order valence-corrected chi connectivity index (χ2v) is 5.74. The second-order valence-electron chi connectivity index (χ2n) is 5.74. The Labute approximate surface area is 128 Å². The Bertz CT molecular complexity index is 627. The van der Waals surface area contributed by atoms with Crippen molar-refractivity contribution >= 4 is 17.5 Å². The molecule has 1 saturated heterocycles. The monoisotopic (exact) mass is 305 g/mol. The van der Waals surface area contributed by atoms with E-state index in [1.54, 1.807) is 11.8 Å². The number of piperazine rings is 1. The van der Waals surface area contributed by atoms with Crippen LogP contribution < -0.4 is 5.32 Å².